The lowest BCUT2D eigenvalue weighted by Crippen LogP contribution is -2.40. The summed E-state index contributed by atoms with van der Waals surface area (Å²) in [7, 11) is 1.54. The van der Waals surface area contributed by atoms with Gasteiger partial charge in [0.1, 0.15) is 5.75 Å². The molecule has 0 saturated carbocycles. The molecule has 1 rings (SSSR count). The van der Waals surface area contributed by atoms with Crippen LogP contribution in [0, 0.1) is 0 Å². The number of likely N-dealkylation sites (N-methyl/N-ethyl adjacent to an activating group) is 1. The summed E-state index contributed by atoms with van der Waals surface area (Å²) in [6.45, 7) is 2.37. The van der Waals surface area contributed by atoms with Crippen molar-refractivity contribution in [3.63, 3.8) is 0 Å². The van der Waals surface area contributed by atoms with Gasteiger partial charge in [-0.2, -0.15) is 0 Å². The summed E-state index contributed by atoms with van der Waals surface area (Å²) in [5, 5.41) is 3.55. The molecular formula is C14H18Cl2N2O3. The van der Waals surface area contributed by atoms with Crippen LogP contribution in [-0.4, -0.2) is 43.5 Å². The molecule has 1 aromatic rings. The van der Waals surface area contributed by atoms with E-state index in [-0.39, 0.29) is 25.0 Å². The first kappa shape index (κ1) is 17.6. The largest absolute Gasteiger partial charge is 0.484 e. The molecule has 7 heteroatoms. The van der Waals surface area contributed by atoms with E-state index in [1.54, 1.807) is 25.2 Å². The predicted octanol–water partition coefficient (Wildman–Crippen LogP) is 2.36. The van der Waals surface area contributed by atoms with Crippen LogP contribution in [0.1, 0.15) is 13.3 Å². The maximum absolute atomic E-state index is 11.9. The summed E-state index contributed by atoms with van der Waals surface area (Å²) >= 11 is 11.7. The molecular weight excluding hydrogens is 315 g/mol. The Morgan fingerprint density at radius 2 is 1.86 bits per heavy atom. The SMILES string of the molecule is CCCNC(=O)CN(C)C(=O)COc1cc(Cl)cc(Cl)c1. The Morgan fingerprint density at radius 3 is 2.43 bits per heavy atom. The smallest absolute Gasteiger partial charge is 0.260 e. The highest BCUT2D eigenvalue weighted by Crippen LogP contribution is 2.24. The first-order valence-electron chi connectivity index (χ1n) is 6.52. The summed E-state index contributed by atoms with van der Waals surface area (Å²) in [5.74, 6) is -0.0964. The zero-order valence-electron chi connectivity index (χ0n) is 12.0. The summed E-state index contributed by atoms with van der Waals surface area (Å²) in [6, 6.07) is 4.70. The number of benzene rings is 1. The number of hydrogen-bond donors (Lipinski definition) is 1. The molecule has 0 aromatic heterocycles. The van der Waals surface area contributed by atoms with Crippen LogP contribution in [0.25, 0.3) is 0 Å². The highest BCUT2D eigenvalue weighted by Gasteiger charge is 2.13. The number of carbonyl (C=O) groups excluding carboxylic acids is 2. The Kier molecular flexibility index (Phi) is 7.32. The Bertz CT molecular complexity index is 489. The minimum atomic E-state index is -0.308. The van der Waals surface area contributed by atoms with Crippen LogP contribution in [0.2, 0.25) is 10.0 Å². The maximum atomic E-state index is 11.9. The monoisotopic (exact) mass is 332 g/mol. The minimum Gasteiger partial charge on any atom is -0.484 e. The summed E-state index contributed by atoms with van der Waals surface area (Å²) in [6.07, 6.45) is 0.849. The van der Waals surface area contributed by atoms with Gasteiger partial charge in [0.15, 0.2) is 6.61 Å². The predicted molar refractivity (Wildman–Crippen MR) is 82.9 cm³/mol. The lowest BCUT2D eigenvalue weighted by Gasteiger charge is -2.17. The quantitative estimate of drug-likeness (QED) is 0.833. The molecule has 0 heterocycles. The first-order chi connectivity index (χ1) is 9.92. The van der Waals surface area contributed by atoms with Crippen molar-refractivity contribution in [1.82, 2.24) is 10.2 Å². The van der Waals surface area contributed by atoms with Crippen LogP contribution in [0.3, 0.4) is 0 Å². The molecule has 0 radical (unpaired) electrons. The molecule has 5 nitrogen and oxygen atoms in total. The summed E-state index contributed by atoms with van der Waals surface area (Å²) < 4.78 is 5.32. The Labute approximate surface area is 134 Å². The van der Waals surface area contributed by atoms with Gasteiger partial charge in [-0.3, -0.25) is 9.59 Å². The van der Waals surface area contributed by atoms with E-state index in [1.165, 1.54) is 4.90 Å². The van der Waals surface area contributed by atoms with Crippen molar-refractivity contribution in [3.05, 3.63) is 28.2 Å². The van der Waals surface area contributed by atoms with Gasteiger partial charge in [-0.15, -0.1) is 0 Å². The van der Waals surface area contributed by atoms with Crippen molar-refractivity contribution in [2.24, 2.45) is 0 Å². The zero-order chi connectivity index (χ0) is 15.8. The third kappa shape index (κ3) is 6.69. The van der Waals surface area contributed by atoms with Gasteiger partial charge >= 0.3 is 0 Å². The number of halogens is 2. The van der Waals surface area contributed by atoms with Gasteiger partial charge in [0.25, 0.3) is 5.91 Å². The van der Waals surface area contributed by atoms with E-state index in [2.05, 4.69) is 5.32 Å². The van der Waals surface area contributed by atoms with E-state index in [9.17, 15) is 9.59 Å². The van der Waals surface area contributed by atoms with Gasteiger partial charge in [0.05, 0.1) is 6.54 Å². The molecule has 0 saturated heterocycles. The summed E-state index contributed by atoms with van der Waals surface area (Å²) in [5.41, 5.74) is 0. The molecule has 1 N–H and O–H groups in total. The number of carbonyl (C=O) groups is 2. The normalized spacial score (nSPS) is 10.1. The van der Waals surface area contributed by atoms with Crippen LogP contribution < -0.4 is 10.1 Å². The fraction of sp³-hybridized carbons (Fsp3) is 0.429. The zero-order valence-corrected chi connectivity index (χ0v) is 13.5. The molecule has 2 amide bonds. The summed E-state index contributed by atoms with van der Waals surface area (Å²) in [4.78, 5) is 24.7. The van der Waals surface area contributed by atoms with Crippen molar-refractivity contribution in [2.45, 2.75) is 13.3 Å². The van der Waals surface area contributed by atoms with Gasteiger partial charge in [-0.05, 0) is 24.6 Å². The van der Waals surface area contributed by atoms with E-state index in [0.29, 0.717) is 22.3 Å². The second-order valence-corrected chi connectivity index (χ2v) is 5.37. The van der Waals surface area contributed by atoms with Gasteiger partial charge in [-0.25, -0.2) is 0 Å². The van der Waals surface area contributed by atoms with Crippen molar-refractivity contribution < 1.29 is 14.3 Å². The Hall–Kier alpha value is -1.46. The molecule has 21 heavy (non-hydrogen) atoms. The van der Waals surface area contributed by atoms with Crippen LogP contribution in [0.4, 0.5) is 0 Å². The molecule has 1 aromatic carbocycles. The lowest BCUT2D eigenvalue weighted by molar-refractivity contribution is -0.136. The second-order valence-electron chi connectivity index (χ2n) is 4.49. The van der Waals surface area contributed by atoms with E-state index < -0.39 is 0 Å². The number of hydrogen-bond acceptors (Lipinski definition) is 3. The van der Waals surface area contributed by atoms with Crippen molar-refractivity contribution >= 4 is 35.0 Å². The third-order valence-corrected chi connectivity index (χ3v) is 3.01. The number of nitrogens with zero attached hydrogens (tertiary/aromatic N) is 1. The molecule has 0 fully saturated rings. The van der Waals surface area contributed by atoms with E-state index in [0.717, 1.165) is 6.42 Å². The van der Waals surface area contributed by atoms with E-state index in [1.807, 2.05) is 6.92 Å². The minimum absolute atomic E-state index is 0.00149. The first-order valence-corrected chi connectivity index (χ1v) is 7.27. The third-order valence-electron chi connectivity index (χ3n) is 2.58. The van der Waals surface area contributed by atoms with Crippen LogP contribution in [0.15, 0.2) is 18.2 Å². The molecule has 0 spiro atoms. The maximum Gasteiger partial charge on any atom is 0.260 e. The molecule has 0 bridgehead atoms. The highest BCUT2D eigenvalue weighted by atomic mass is 35.5. The van der Waals surface area contributed by atoms with E-state index >= 15 is 0 Å². The number of rotatable bonds is 7. The van der Waals surface area contributed by atoms with Gasteiger partial charge in [0.2, 0.25) is 5.91 Å². The Morgan fingerprint density at radius 1 is 1.24 bits per heavy atom. The van der Waals surface area contributed by atoms with Crippen molar-refractivity contribution in [2.75, 3.05) is 26.7 Å². The standard InChI is InChI=1S/C14H18Cl2N2O3/c1-3-4-17-13(19)8-18(2)14(20)9-21-12-6-10(15)5-11(16)7-12/h5-7H,3-4,8-9H2,1-2H3,(H,17,19). The number of nitrogens with one attached hydrogen (secondary N) is 1. The van der Waals surface area contributed by atoms with Crippen molar-refractivity contribution in [1.29, 1.82) is 0 Å². The molecule has 0 aliphatic heterocycles. The highest BCUT2D eigenvalue weighted by molar-refractivity contribution is 6.34. The fourth-order valence-corrected chi connectivity index (χ4v) is 2.00. The van der Waals surface area contributed by atoms with Crippen molar-refractivity contribution in [3.8, 4) is 5.75 Å². The lowest BCUT2D eigenvalue weighted by atomic mass is 10.3. The molecule has 0 aliphatic carbocycles. The van der Waals surface area contributed by atoms with Gasteiger partial charge < -0.3 is 15.0 Å². The fourth-order valence-electron chi connectivity index (χ4n) is 1.49. The molecule has 116 valence electrons. The molecule has 0 aliphatic rings. The molecule has 0 unspecified atom stereocenters. The average molecular weight is 333 g/mol. The topological polar surface area (TPSA) is 58.6 Å². The van der Waals surface area contributed by atoms with E-state index in [4.69, 9.17) is 27.9 Å². The van der Waals surface area contributed by atoms with Crippen LogP contribution in [-0.2, 0) is 9.59 Å². The average Bonchev–Trinajstić information content (AvgIpc) is 2.41. The second kappa shape index (κ2) is 8.74. The van der Waals surface area contributed by atoms with Crippen LogP contribution in [0.5, 0.6) is 5.75 Å². The number of amides is 2. The Balaban J connectivity index is 2.43. The van der Waals surface area contributed by atoms with Gasteiger partial charge in [0, 0.05) is 23.6 Å². The van der Waals surface area contributed by atoms with Crippen LogP contribution >= 0.6 is 23.2 Å². The number of ether oxygens (including phenoxy) is 1. The van der Waals surface area contributed by atoms with Gasteiger partial charge in [-0.1, -0.05) is 30.1 Å². The molecule has 0 atom stereocenters.